The van der Waals surface area contributed by atoms with E-state index in [1.807, 2.05) is 43.0 Å². The molecule has 174 valence electrons. The fourth-order valence-electron chi connectivity index (χ4n) is 3.71. The second-order valence-electron chi connectivity index (χ2n) is 8.28. The standard InChI is InChI=1S/C23H31N5O3.ClH/c1-17(2)15-22(30)28-13-6-12-27(23(31)19-9-10-21(29)26(3)25-19)14-11-24-16-18-7-4-5-8-20(18)28;/h4-5,7-10,17,24H,6,11-16H2,1-3H3;1H. The van der Waals surface area contributed by atoms with Crippen LogP contribution in [-0.2, 0) is 18.4 Å². The summed E-state index contributed by atoms with van der Waals surface area (Å²) >= 11 is 0. The molecule has 2 aromatic rings. The molecular formula is C23H32ClN5O3. The highest BCUT2D eigenvalue weighted by atomic mass is 35.5. The summed E-state index contributed by atoms with van der Waals surface area (Å²) < 4.78 is 1.17. The number of benzene rings is 1. The van der Waals surface area contributed by atoms with E-state index in [1.165, 1.54) is 23.9 Å². The number of hydrogen-bond acceptors (Lipinski definition) is 5. The van der Waals surface area contributed by atoms with E-state index in [-0.39, 0.29) is 41.4 Å². The second-order valence-corrected chi connectivity index (χ2v) is 8.28. The lowest BCUT2D eigenvalue weighted by Gasteiger charge is -2.27. The van der Waals surface area contributed by atoms with E-state index in [2.05, 4.69) is 10.4 Å². The number of hydrogen-bond donors (Lipinski definition) is 1. The number of halogens is 1. The van der Waals surface area contributed by atoms with Gasteiger partial charge in [0.1, 0.15) is 5.69 Å². The molecule has 0 atom stereocenters. The van der Waals surface area contributed by atoms with Gasteiger partial charge in [-0.1, -0.05) is 32.0 Å². The molecule has 32 heavy (non-hydrogen) atoms. The highest BCUT2D eigenvalue weighted by Gasteiger charge is 2.22. The lowest BCUT2D eigenvalue weighted by atomic mass is 10.1. The number of nitrogens with zero attached hydrogens (tertiary/aromatic N) is 4. The quantitative estimate of drug-likeness (QED) is 0.757. The SMILES string of the molecule is CC(C)CC(=O)N1CCCN(C(=O)c2ccc(=O)n(C)n2)CCNCc2ccccc21.Cl. The molecular weight excluding hydrogens is 430 g/mol. The van der Waals surface area contributed by atoms with Crippen molar-refractivity contribution in [1.82, 2.24) is 20.0 Å². The van der Waals surface area contributed by atoms with Crippen molar-refractivity contribution in [2.45, 2.75) is 33.2 Å². The van der Waals surface area contributed by atoms with E-state index in [4.69, 9.17) is 0 Å². The number of carbonyl (C=O) groups excluding carboxylic acids is 2. The van der Waals surface area contributed by atoms with E-state index in [1.54, 1.807) is 4.90 Å². The Kier molecular flexibility index (Phi) is 9.41. The molecule has 0 spiro atoms. The van der Waals surface area contributed by atoms with E-state index in [0.717, 1.165) is 11.3 Å². The van der Waals surface area contributed by atoms with Gasteiger partial charge in [-0.05, 0) is 30.0 Å². The molecule has 0 unspecified atom stereocenters. The normalized spacial score (nSPS) is 14.9. The Morgan fingerprint density at radius 1 is 1.09 bits per heavy atom. The zero-order chi connectivity index (χ0) is 22.4. The lowest BCUT2D eigenvalue weighted by molar-refractivity contribution is -0.119. The molecule has 1 aromatic carbocycles. The van der Waals surface area contributed by atoms with Crippen LogP contribution in [0.15, 0.2) is 41.2 Å². The number of aromatic nitrogens is 2. The van der Waals surface area contributed by atoms with Crippen molar-refractivity contribution in [1.29, 1.82) is 0 Å². The monoisotopic (exact) mass is 461 g/mol. The van der Waals surface area contributed by atoms with Gasteiger partial charge in [-0.3, -0.25) is 14.4 Å². The fraction of sp³-hybridized carbons (Fsp3) is 0.478. The third-order valence-corrected chi connectivity index (χ3v) is 5.32. The van der Waals surface area contributed by atoms with Crippen LogP contribution in [0.4, 0.5) is 5.69 Å². The number of nitrogens with one attached hydrogen (secondary N) is 1. The lowest BCUT2D eigenvalue weighted by Crippen LogP contribution is -2.40. The number of anilines is 1. The average Bonchev–Trinajstić information content (AvgIpc) is 2.77. The summed E-state index contributed by atoms with van der Waals surface area (Å²) in [5.74, 6) is 0.151. The third kappa shape index (κ3) is 6.40. The smallest absolute Gasteiger partial charge is 0.274 e. The number of rotatable bonds is 3. The van der Waals surface area contributed by atoms with E-state index in [9.17, 15) is 14.4 Å². The molecule has 0 aliphatic carbocycles. The van der Waals surface area contributed by atoms with E-state index >= 15 is 0 Å². The van der Waals surface area contributed by atoms with Crippen LogP contribution in [0.1, 0.15) is 42.7 Å². The molecule has 0 radical (unpaired) electrons. The van der Waals surface area contributed by atoms with Crippen molar-refractivity contribution in [3.63, 3.8) is 0 Å². The highest BCUT2D eigenvalue weighted by molar-refractivity contribution is 5.94. The van der Waals surface area contributed by atoms with Crippen molar-refractivity contribution in [3.05, 3.63) is 58.0 Å². The minimum absolute atomic E-state index is 0. The van der Waals surface area contributed by atoms with Gasteiger partial charge in [0.2, 0.25) is 5.91 Å². The second kappa shape index (κ2) is 11.8. The predicted molar refractivity (Wildman–Crippen MR) is 127 cm³/mol. The Bertz CT molecular complexity index is 992. The summed E-state index contributed by atoms with van der Waals surface area (Å²) in [6.07, 6.45) is 1.13. The molecule has 1 aliphatic rings. The van der Waals surface area contributed by atoms with Gasteiger partial charge in [0.05, 0.1) is 0 Å². The van der Waals surface area contributed by atoms with Crippen LogP contribution in [0.25, 0.3) is 0 Å². The Labute approximate surface area is 195 Å². The molecule has 0 saturated carbocycles. The number of para-hydroxylation sites is 1. The summed E-state index contributed by atoms with van der Waals surface area (Å²) in [6.45, 7) is 6.86. The van der Waals surface area contributed by atoms with Crippen LogP contribution in [-0.4, -0.2) is 52.7 Å². The molecule has 1 N–H and O–H groups in total. The Morgan fingerprint density at radius 2 is 1.84 bits per heavy atom. The first-order chi connectivity index (χ1) is 14.9. The summed E-state index contributed by atoms with van der Waals surface area (Å²) in [6, 6.07) is 10.8. The van der Waals surface area contributed by atoms with Gasteiger partial charge in [0.25, 0.3) is 11.5 Å². The minimum Gasteiger partial charge on any atom is -0.336 e. The summed E-state index contributed by atoms with van der Waals surface area (Å²) in [4.78, 5) is 41.2. The maximum Gasteiger partial charge on any atom is 0.274 e. The van der Waals surface area contributed by atoms with Crippen LogP contribution in [0.3, 0.4) is 0 Å². The molecule has 0 fully saturated rings. The largest absolute Gasteiger partial charge is 0.336 e. The average molecular weight is 462 g/mol. The molecule has 8 nitrogen and oxygen atoms in total. The van der Waals surface area contributed by atoms with Gasteiger partial charge in [-0.15, -0.1) is 12.4 Å². The van der Waals surface area contributed by atoms with Crippen molar-refractivity contribution in [2.24, 2.45) is 13.0 Å². The Morgan fingerprint density at radius 3 is 2.56 bits per heavy atom. The molecule has 0 saturated heterocycles. The number of amides is 2. The number of carbonyl (C=O) groups is 2. The predicted octanol–water partition coefficient (Wildman–Crippen LogP) is 2.22. The van der Waals surface area contributed by atoms with Gasteiger partial charge in [0.15, 0.2) is 0 Å². The van der Waals surface area contributed by atoms with Crippen molar-refractivity contribution in [3.8, 4) is 0 Å². The summed E-state index contributed by atoms with van der Waals surface area (Å²) in [5, 5.41) is 7.49. The van der Waals surface area contributed by atoms with Crippen molar-refractivity contribution < 1.29 is 9.59 Å². The van der Waals surface area contributed by atoms with E-state index < -0.39 is 0 Å². The van der Waals surface area contributed by atoms with Crippen LogP contribution < -0.4 is 15.8 Å². The van der Waals surface area contributed by atoms with Gasteiger partial charge in [0, 0.05) is 57.9 Å². The molecule has 0 bridgehead atoms. The Balaban J connectivity index is 0.00000363. The maximum atomic E-state index is 13.0. The van der Waals surface area contributed by atoms with Gasteiger partial charge in [-0.25, -0.2) is 4.68 Å². The molecule has 1 aliphatic heterocycles. The van der Waals surface area contributed by atoms with Crippen molar-refractivity contribution >= 4 is 29.9 Å². The fourth-order valence-corrected chi connectivity index (χ4v) is 3.71. The van der Waals surface area contributed by atoms with Crippen LogP contribution in [0, 0.1) is 5.92 Å². The van der Waals surface area contributed by atoms with Gasteiger partial charge >= 0.3 is 0 Å². The maximum absolute atomic E-state index is 13.0. The number of fused-ring (bicyclic) bond motifs is 1. The topological polar surface area (TPSA) is 87.5 Å². The first-order valence-corrected chi connectivity index (χ1v) is 10.8. The van der Waals surface area contributed by atoms with E-state index in [0.29, 0.717) is 45.6 Å². The molecule has 2 heterocycles. The van der Waals surface area contributed by atoms with Gasteiger partial charge in [-0.2, -0.15) is 5.10 Å². The molecule has 9 heteroatoms. The zero-order valence-electron chi connectivity index (χ0n) is 18.9. The van der Waals surface area contributed by atoms with Crippen LogP contribution in [0.5, 0.6) is 0 Å². The first-order valence-electron chi connectivity index (χ1n) is 10.8. The Hall–Kier alpha value is -2.71. The molecule has 3 rings (SSSR count). The highest BCUT2D eigenvalue weighted by Crippen LogP contribution is 2.23. The summed E-state index contributed by atoms with van der Waals surface area (Å²) in [5.41, 5.74) is 1.99. The molecule has 2 amide bonds. The van der Waals surface area contributed by atoms with Crippen LogP contribution in [0.2, 0.25) is 0 Å². The number of aryl methyl sites for hydroxylation is 1. The summed E-state index contributed by atoms with van der Waals surface area (Å²) in [7, 11) is 1.53. The third-order valence-electron chi connectivity index (χ3n) is 5.32. The van der Waals surface area contributed by atoms with Crippen molar-refractivity contribution in [2.75, 3.05) is 31.1 Å². The molecule has 1 aromatic heterocycles. The first kappa shape index (κ1) is 25.5. The van der Waals surface area contributed by atoms with Crippen LogP contribution >= 0.6 is 12.4 Å². The van der Waals surface area contributed by atoms with Gasteiger partial charge < -0.3 is 15.1 Å². The zero-order valence-corrected chi connectivity index (χ0v) is 19.7. The minimum atomic E-state index is -0.257.